The first-order valence-corrected chi connectivity index (χ1v) is 7.82. The molecule has 1 aliphatic rings. The fraction of sp³-hybridized carbons (Fsp3) is 0.412. The van der Waals surface area contributed by atoms with Crippen molar-refractivity contribution in [2.75, 3.05) is 6.54 Å². The minimum Gasteiger partial charge on any atom is -0.354 e. The van der Waals surface area contributed by atoms with Gasteiger partial charge in [-0.2, -0.15) is 18.3 Å². The molecule has 0 unspecified atom stereocenters. The minimum absolute atomic E-state index is 0.0574. The van der Waals surface area contributed by atoms with Gasteiger partial charge < -0.3 is 5.32 Å². The fourth-order valence-corrected chi connectivity index (χ4v) is 3.03. The van der Waals surface area contributed by atoms with Crippen LogP contribution in [0.2, 0.25) is 0 Å². The monoisotopic (exact) mass is 337 g/mol. The highest BCUT2D eigenvalue weighted by molar-refractivity contribution is 5.75. The van der Waals surface area contributed by atoms with E-state index in [2.05, 4.69) is 22.5 Å². The maximum Gasteiger partial charge on any atom is 0.435 e. The topological polar surface area (TPSA) is 46.9 Å². The molecule has 1 amide bonds. The third-order valence-electron chi connectivity index (χ3n) is 4.56. The van der Waals surface area contributed by atoms with Crippen LogP contribution in [-0.4, -0.2) is 22.2 Å². The molecule has 1 aromatic heterocycles. The molecule has 1 heterocycles. The lowest BCUT2D eigenvalue weighted by atomic mass is 9.64. The number of hydrogen-bond acceptors (Lipinski definition) is 2. The van der Waals surface area contributed by atoms with Crippen LogP contribution < -0.4 is 5.32 Å². The largest absolute Gasteiger partial charge is 0.435 e. The summed E-state index contributed by atoms with van der Waals surface area (Å²) < 4.78 is 38.5. The number of rotatable bonds is 5. The van der Waals surface area contributed by atoms with Crippen molar-refractivity contribution >= 4 is 5.91 Å². The van der Waals surface area contributed by atoms with Gasteiger partial charge in [-0.15, -0.1) is 0 Å². The molecule has 1 saturated carbocycles. The van der Waals surface area contributed by atoms with Gasteiger partial charge in [0, 0.05) is 18.2 Å². The van der Waals surface area contributed by atoms with Crippen LogP contribution in [0.3, 0.4) is 0 Å². The van der Waals surface area contributed by atoms with Crippen LogP contribution in [-0.2, 0) is 22.9 Å². The van der Waals surface area contributed by atoms with Crippen molar-refractivity contribution < 1.29 is 18.0 Å². The molecule has 2 aromatic rings. The SMILES string of the molecule is O=C(Cn1ccc(C(F)(F)F)n1)NCC1(c2ccccc2)CCC1. The summed E-state index contributed by atoms with van der Waals surface area (Å²) >= 11 is 0. The first kappa shape index (κ1) is 16.5. The number of carbonyl (C=O) groups is 1. The number of carbonyl (C=O) groups excluding carboxylic acids is 1. The molecule has 1 aliphatic carbocycles. The molecule has 0 saturated heterocycles. The van der Waals surface area contributed by atoms with Crippen molar-refractivity contribution in [2.45, 2.75) is 37.4 Å². The summed E-state index contributed by atoms with van der Waals surface area (Å²) in [6, 6.07) is 10.9. The van der Waals surface area contributed by atoms with E-state index in [9.17, 15) is 18.0 Å². The molecule has 3 rings (SSSR count). The van der Waals surface area contributed by atoms with E-state index in [0.717, 1.165) is 30.0 Å². The smallest absolute Gasteiger partial charge is 0.354 e. The summed E-state index contributed by atoms with van der Waals surface area (Å²) in [5.41, 5.74) is 0.142. The summed E-state index contributed by atoms with van der Waals surface area (Å²) in [6.45, 7) is 0.268. The highest BCUT2D eigenvalue weighted by atomic mass is 19.4. The van der Waals surface area contributed by atoms with Gasteiger partial charge in [0.2, 0.25) is 5.91 Å². The normalized spacial score (nSPS) is 16.5. The third kappa shape index (κ3) is 3.44. The molecule has 0 bridgehead atoms. The zero-order valence-electron chi connectivity index (χ0n) is 13.0. The number of amides is 1. The average Bonchev–Trinajstić information content (AvgIpc) is 2.96. The van der Waals surface area contributed by atoms with Crippen LogP contribution in [0.4, 0.5) is 13.2 Å². The molecule has 1 aromatic carbocycles. The Morgan fingerprint density at radius 1 is 1.21 bits per heavy atom. The third-order valence-corrected chi connectivity index (χ3v) is 4.56. The van der Waals surface area contributed by atoms with E-state index in [1.807, 2.05) is 18.2 Å². The van der Waals surface area contributed by atoms with Gasteiger partial charge in [0.25, 0.3) is 0 Å². The molecular weight excluding hydrogens is 319 g/mol. The van der Waals surface area contributed by atoms with Crippen LogP contribution in [0, 0.1) is 0 Å². The standard InChI is InChI=1S/C17H18F3N3O/c18-17(19,20)14-7-10-23(22-14)11-15(24)21-12-16(8-4-9-16)13-5-2-1-3-6-13/h1-3,5-7,10H,4,8-9,11-12H2,(H,21,24). The molecule has 1 N–H and O–H groups in total. The van der Waals surface area contributed by atoms with Crippen LogP contribution in [0.1, 0.15) is 30.5 Å². The lowest BCUT2D eigenvalue weighted by Crippen LogP contribution is -2.46. The van der Waals surface area contributed by atoms with E-state index < -0.39 is 11.9 Å². The fourth-order valence-electron chi connectivity index (χ4n) is 3.03. The van der Waals surface area contributed by atoms with Gasteiger partial charge in [-0.1, -0.05) is 36.8 Å². The van der Waals surface area contributed by atoms with Gasteiger partial charge in [0.15, 0.2) is 5.69 Å². The molecule has 0 radical (unpaired) electrons. The maximum absolute atomic E-state index is 12.5. The van der Waals surface area contributed by atoms with Gasteiger partial charge in [-0.3, -0.25) is 9.48 Å². The molecule has 0 atom stereocenters. The van der Waals surface area contributed by atoms with Crippen molar-refractivity contribution in [1.29, 1.82) is 0 Å². The van der Waals surface area contributed by atoms with Crippen molar-refractivity contribution in [3.63, 3.8) is 0 Å². The Hall–Kier alpha value is -2.31. The number of nitrogens with one attached hydrogen (secondary N) is 1. The molecule has 7 heteroatoms. The predicted molar refractivity (Wildman–Crippen MR) is 82.2 cm³/mol. The summed E-state index contributed by atoms with van der Waals surface area (Å²) in [5.74, 6) is -0.339. The van der Waals surface area contributed by atoms with Crippen LogP contribution in [0.5, 0.6) is 0 Å². The Morgan fingerprint density at radius 3 is 2.46 bits per heavy atom. The zero-order valence-corrected chi connectivity index (χ0v) is 13.0. The van der Waals surface area contributed by atoms with Gasteiger partial charge in [0.1, 0.15) is 6.54 Å². The van der Waals surface area contributed by atoms with Crippen LogP contribution in [0.25, 0.3) is 0 Å². The number of halogens is 3. The number of alkyl halides is 3. The van der Waals surface area contributed by atoms with Gasteiger partial charge >= 0.3 is 6.18 Å². The summed E-state index contributed by atoms with van der Waals surface area (Å²) in [5, 5.41) is 6.23. The predicted octanol–water partition coefficient (Wildman–Crippen LogP) is 3.14. The van der Waals surface area contributed by atoms with E-state index in [1.165, 1.54) is 11.8 Å². The van der Waals surface area contributed by atoms with Crippen molar-refractivity contribution in [3.8, 4) is 0 Å². The highest BCUT2D eigenvalue weighted by Gasteiger charge is 2.38. The zero-order chi connectivity index (χ0) is 17.2. The van der Waals surface area contributed by atoms with E-state index in [-0.39, 0.29) is 17.9 Å². The van der Waals surface area contributed by atoms with Crippen molar-refractivity contribution in [1.82, 2.24) is 15.1 Å². The second-order valence-electron chi connectivity index (χ2n) is 6.17. The molecule has 0 aliphatic heterocycles. The van der Waals surface area contributed by atoms with E-state index >= 15 is 0 Å². The first-order valence-electron chi connectivity index (χ1n) is 7.82. The number of benzene rings is 1. The molecule has 128 valence electrons. The van der Waals surface area contributed by atoms with Gasteiger partial charge in [-0.05, 0) is 24.5 Å². The Kier molecular flexibility index (Phi) is 4.34. The van der Waals surface area contributed by atoms with Crippen molar-refractivity contribution in [3.05, 3.63) is 53.9 Å². The van der Waals surface area contributed by atoms with Gasteiger partial charge in [0.05, 0.1) is 0 Å². The lowest BCUT2D eigenvalue weighted by molar-refractivity contribution is -0.141. The Morgan fingerprint density at radius 2 is 1.92 bits per heavy atom. The summed E-state index contributed by atoms with van der Waals surface area (Å²) in [7, 11) is 0. The number of aromatic nitrogens is 2. The number of hydrogen-bond donors (Lipinski definition) is 1. The highest BCUT2D eigenvalue weighted by Crippen LogP contribution is 2.43. The van der Waals surface area contributed by atoms with E-state index in [1.54, 1.807) is 0 Å². The first-order chi connectivity index (χ1) is 11.4. The summed E-state index contributed by atoms with van der Waals surface area (Å²) in [4.78, 5) is 12.0. The van der Waals surface area contributed by atoms with Crippen LogP contribution >= 0.6 is 0 Å². The Bertz CT molecular complexity index is 705. The van der Waals surface area contributed by atoms with Gasteiger partial charge in [-0.25, -0.2) is 0 Å². The number of nitrogens with zero attached hydrogens (tertiary/aromatic N) is 2. The maximum atomic E-state index is 12.5. The lowest BCUT2D eigenvalue weighted by Gasteiger charge is -2.42. The molecule has 0 spiro atoms. The van der Waals surface area contributed by atoms with Crippen molar-refractivity contribution in [2.24, 2.45) is 0 Å². The second kappa shape index (κ2) is 6.30. The Labute approximate surface area is 137 Å². The van der Waals surface area contributed by atoms with E-state index in [0.29, 0.717) is 6.54 Å². The summed E-state index contributed by atoms with van der Waals surface area (Å²) in [6.07, 6.45) is -0.225. The molecular formula is C17H18F3N3O. The molecule has 1 fully saturated rings. The average molecular weight is 337 g/mol. The second-order valence-corrected chi connectivity index (χ2v) is 6.17. The van der Waals surface area contributed by atoms with Crippen LogP contribution in [0.15, 0.2) is 42.6 Å². The quantitative estimate of drug-likeness (QED) is 0.911. The Balaban J connectivity index is 1.58. The molecule has 4 nitrogen and oxygen atoms in total. The minimum atomic E-state index is -4.50. The molecule has 24 heavy (non-hydrogen) atoms. The van der Waals surface area contributed by atoms with E-state index in [4.69, 9.17) is 0 Å².